The molecule has 3 N–H and O–H groups in total. The van der Waals surface area contributed by atoms with Gasteiger partial charge >= 0.3 is 0 Å². The molecule has 0 aromatic heterocycles. The lowest BCUT2D eigenvalue weighted by atomic mass is 10.0. The van der Waals surface area contributed by atoms with Gasteiger partial charge in [0.2, 0.25) is 11.8 Å². The van der Waals surface area contributed by atoms with Crippen LogP contribution in [0.2, 0.25) is 0 Å². The maximum atomic E-state index is 12.6. The SMILES string of the molecule is C=CCN(C(=O)Cc1ccc(C(N)=O)cc1)C1CCNCC1. The molecule has 0 bridgehead atoms. The highest BCUT2D eigenvalue weighted by molar-refractivity contribution is 5.92. The van der Waals surface area contributed by atoms with Crippen molar-refractivity contribution >= 4 is 11.8 Å². The topological polar surface area (TPSA) is 75.4 Å². The van der Waals surface area contributed by atoms with Crippen molar-refractivity contribution in [1.82, 2.24) is 10.2 Å². The summed E-state index contributed by atoms with van der Waals surface area (Å²) in [6.07, 6.45) is 4.05. The van der Waals surface area contributed by atoms with E-state index in [1.807, 2.05) is 4.90 Å². The lowest BCUT2D eigenvalue weighted by Crippen LogP contribution is -2.46. The van der Waals surface area contributed by atoms with Crippen LogP contribution in [-0.2, 0) is 11.2 Å². The van der Waals surface area contributed by atoms with Gasteiger partial charge in [0.1, 0.15) is 0 Å². The van der Waals surface area contributed by atoms with E-state index in [4.69, 9.17) is 5.73 Å². The summed E-state index contributed by atoms with van der Waals surface area (Å²) in [4.78, 5) is 25.6. The Labute approximate surface area is 131 Å². The maximum absolute atomic E-state index is 12.6. The second kappa shape index (κ2) is 7.75. The molecule has 22 heavy (non-hydrogen) atoms. The van der Waals surface area contributed by atoms with Crippen LogP contribution < -0.4 is 11.1 Å². The van der Waals surface area contributed by atoms with Gasteiger partial charge in [-0.05, 0) is 43.6 Å². The van der Waals surface area contributed by atoms with Crippen LogP contribution in [0, 0.1) is 0 Å². The van der Waals surface area contributed by atoms with Crippen molar-refractivity contribution in [2.45, 2.75) is 25.3 Å². The minimum atomic E-state index is -0.458. The smallest absolute Gasteiger partial charge is 0.248 e. The normalized spacial score (nSPS) is 15.3. The van der Waals surface area contributed by atoms with Gasteiger partial charge in [-0.1, -0.05) is 18.2 Å². The number of primary amides is 1. The van der Waals surface area contributed by atoms with Gasteiger partial charge in [-0.15, -0.1) is 6.58 Å². The molecule has 2 rings (SSSR count). The third kappa shape index (κ3) is 4.18. The summed E-state index contributed by atoms with van der Waals surface area (Å²) in [6, 6.07) is 7.16. The lowest BCUT2D eigenvalue weighted by Gasteiger charge is -2.34. The fourth-order valence-corrected chi connectivity index (χ4v) is 2.77. The van der Waals surface area contributed by atoms with Gasteiger partial charge in [0.25, 0.3) is 0 Å². The molecule has 1 aliphatic rings. The third-order valence-electron chi connectivity index (χ3n) is 3.99. The Balaban J connectivity index is 2.03. The zero-order valence-corrected chi connectivity index (χ0v) is 12.8. The number of amides is 2. The first-order valence-electron chi connectivity index (χ1n) is 7.61. The first-order valence-corrected chi connectivity index (χ1v) is 7.61. The summed E-state index contributed by atoms with van der Waals surface area (Å²) in [7, 11) is 0. The van der Waals surface area contributed by atoms with Crippen LogP contribution in [0.25, 0.3) is 0 Å². The number of nitrogens with zero attached hydrogens (tertiary/aromatic N) is 1. The van der Waals surface area contributed by atoms with E-state index >= 15 is 0 Å². The Morgan fingerprint density at radius 1 is 1.27 bits per heavy atom. The van der Waals surface area contributed by atoms with E-state index in [-0.39, 0.29) is 11.9 Å². The van der Waals surface area contributed by atoms with Crippen molar-refractivity contribution in [2.75, 3.05) is 19.6 Å². The zero-order chi connectivity index (χ0) is 15.9. The van der Waals surface area contributed by atoms with Crippen molar-refractivity contribution in [2.24, 2.45) is 5.73 Å². The van der Waals surface area contributed by atoms with Crippen LogP contribution in [-0.4, -0.2) is 42.4 Å². The average Bonchev–Trinajstić information content (AvgIpc) is 2.53. The molecule has 0 atom stereocenters. The summed E-state index contributed by atoms with van der Waals surface area (Å²) in [5, 5.41) is 3.31. The van der Waals surface area contributed by atoms with Crippen LogP contribution in [0.5, 0.6) is 0 Å². The van der Waals surface area contributed by atoms with Crippen LogP contribution >= 0.6 is 0 Å². The molecule has 118 valence electrons. The predicted octanol–water partition coefficient (Wildman–Crippen LogP) is 1.09. The van der Waals surface area contributed by atoms with E-state index in [1.165, 1.54) is 0 Å². The standard InChI is InChI=1S/C17H23N3O2/c1-2-11-20(15-7-9-19-10-8-15)16(21)12-13-3-5-14(6-4-13)17(18)22/h2-6,15,19H,1,7-12H2,(H2,18,22). The Kier molecular flexibility index (Phi) is 5.72. The number of hydrogen-bond acceptors (Lipinski definition) is 3. The molecule has 5 nitrogen and oxygen atoms in total. The molecule has 0 spiro atoms. The van der Waals surface area contributed by atoms with Gasteiger partial charge in [-0.3, -0.25) is 9.59 Å². The summed E-state index contributed by atoms with van der Waals surface area (Å²) >= 11 is 0. The number of carbonyl (C=O) groups is 2. The molecular weight excluding hydrogens is 278 g/mol. The van der Waals surface area contributed by atoms with Gasteiger partial charge in [0.05, 0.1) is 6.42 Å². The predicted molar refractivity (Wildman–Crippen MR) is 86.5 cm³/mol. The summed E-state index contributed by atoms with van der Waals surface area (Å²) in [5.74, 6) is -0.362. The minimum Gasteiger partial charge on any atom is -0.366 e. The Morgan fingerprint density at radius 3 is 2.45 bits per heavy atom. The van der Waals surface area contributed by atoms with E-state index in [0.29, 0.717) is 18.5 Å². The molecular formula is C17H23N3O2. The molecule has 5 heteroatoms. The Bertz CT molecular complexity index is 533. The van der Waals surface area contributed by atoms with Crippen LogP contribution in [0.4, 0.5) is 0 Å². The lowest BCUT2D eigenvalue weighted by molar-refractivity contribution is -0.132. The fraction of sp³-hybridized carbons (Fsp3) is 0.412. The molecule has 1 heterocycles. The first-order chi connectivity index (χ1) is 10.6. The number of nitrogens with one attached hydrogen (secondary N) is 1. The second-order valence-electron chi connectivity index (χ2n) is 5.55. The van der Waals surface area contributed by atoms with Crippen molar-refractivity contribution < 1.29 is 9.59 Å². The number of nitrogens with two attached hydrogens (primary N) is 1. The van der Waals surface area contributed by atoms with Crippen LogP contribution in [0.1, 0.15) is 28.8 Å². The van der Waals surface area contributed by atoms with Gasteiger partial charge in [-0.2, -0.15) is 0 Å². The van der Waals surface area contributed by atoms with Crippen molar-refractivity contribution in [3.63, 3.8) is 0 Å². The maximum Gasteiger partial charge on any atom is 0.248 e. The molecule has 0 aliphatic carbocycles. The second-order valence-corrected chi connectivity index (χ2v) is 5.55. The number of benzene rings is 1. The minimum absolute atomic E-state index is 0.0959. The summed E-state index contributed by atoms with van der Waals surface area (Å²) < 4.78 is 0. The average molecular weight is 301 g/mol. The van der Waals surface area contributed by atoms with Crippen molar-refractivity contribution in [1.29, 1.82) is 0 Å². The molecule has 1 aromatic carbocycles. The van der Waals surface area contributed by atoms with E-state index in [9.17, 15) is 9.59 Å². The van der Waals surface area contributed by atoms with E-state index in [2.05, 4.69) is 11.9 Å². The van der Waals surface area contributed by atoms with Gasteiger partial charge in [0.15, 0.2) is 0 Å². The summed E-state index contributed by atoms with van der Waals surface area (Å²) in [6.45, 7) is 6.21. The largest absolute Gasteiger partial charge is 0.366 e. The molecule has 0 radical (unpaired) electrons. The van der Waals surface area contributed by atoms with Crippen LogP contribution in [0.3, 0.4) is 0 Å². The highest BCUT2D eigenvalue weighted by Crippen LogP contribution is 2.14. The highest BCUT2D eigenvalue weighted by Gasteiger charge is 2.24. The highest BCUT2D eigenvalue weighted by atomic mass is 16.2. The molecule has 1 fully saturated rings. The van der Waals surface area contributed by atoms with Crippen LogP contribution in [0.15, 0.2) is 36.9 Å². The van der Waals surface area contributed by atoms with Gasteiger partial charge < -0.3 is 16.0 Å². The van der Waals surface area contributed by atoms with Crippen molar-refractivity contribution in [3.8, 4) is 0 Å². The fourth-order valence-electron chi connectivity index (χ4n) is 2.77. The number of rotatable bonds is 6. The van der Waals surface area contributed by atoms with E-state index in [1.54, 1.807) is 30.3 Å². The first kappa shape index (κ1) is 16.2. The van der Waals surface area contributed by atoms with E-state index < -0.39 is 5.91 Å². The molecule has 1 saturated heterocycles. The van der Waals surface area contributed by atoms with E-state index in [0.717, 1.165) is 31.5 Å². The van der Waals surface area contributed by atoms with Gasteiger partial charge in [0, 0.05) is 18.2 Å². The monoisotopic (exact) mass is 301 g/mol. The molecule has 1 aromatic rings. The molecule has 0 unspecified atom stereocenters. The zero-order valence-electron chi connectivity index (χ0n) is 12.8. The van der Waals surface area contributed by atoms with Gasteiger partial charge in [-0.25, -0.2) is 0 Å². The molecule has 2 amide bonds. The third-order valence-corrected chi connectivity index (χ3v) is 3.99. The molecule has 0 saturated carbocycles. The Morgan fingerprint density at radius 2 is 1.91 bits per heavy atom. The molecule has 1 aliphatic heterocycles. The number of carbonyl (C=O) groups excluding carboxylic acids is 2. The number of hydrogen-bond donors (Lipinski definition) is 2. The Hall–Kier alpha value is -2.14. The quantitative estimate of drug-likeness (QED) is 0.773. The summed E-state index contributed by atoms with van der Waals surface area (Å²) in [5.41, 5.74) is 6.56. The van der Waals surface area contributed by atoms with Crippen molar-refractivity contribution in [3.05, 3.63) is 48.0 Å². The number of piperidine rings is 1.